The van der Waals surface area contributed by atoms with Gasteiger partial charge in [-0.05, 0) is 56.5 Å². The Kier molecular flexibility index (Phi) is 4.98. The molecule has 4 nitrogen and oxygen atoms in total. The second kappa shape index (κ2) is 7.41. The molecular formula is C21H22ClFN4. The van der Waals surface area contributed by atoms with Gasteiger partial charge in [-0.1, -0.05) is 47.1 Å². The molecule has 0 saturated carbocycles. The maximum absolute atomic E-state index is 13.3. The van der Waals surface area contributed by atoms with Gasteiger partial charge in [0.1, 0.15) is 5.82 Å². The zero-order valence-corrected chi connectivity index (χ0v) is 16.0. The fourth-order valence-electron chi connectivity index (χ4n) is 3.94. The van der Waals surface area contributed by atoms with Crippen LogP contribution in [-0.2, 0) is 13.0 Å². The number of nitrogens with zero attached hydrogens (tertiary/aromatic N) is 4. The first kappa shape index (κ1) is 18.1. The predicted molar refractivity (Wildman–Crippen MR) is 105 cm³/mol. The van der Waals surface area contributed by atoms with Gasteiger partial charge >= 0.3 is 0 Å². The van der Waals surface area contributed by atoms with Gasteiger partial charge in [-0.3, -0.25) is 4.90 Å². The first-order valence-corrected chi connectivity index (χ1v) is 9.57. The van der Waals surface area contributed by atoms with Crippen LogP contribution in [0.2, 0.25) is 5.02 Å². The highest BCUT2D eigenvalue weighted by molar-refractivity contribution is 6.32. The highest BCUT2D eigenvalue weighted by Crippen LogP contribution is 2.33. The van der Waals surface area contributed by atoms with Crippen LogP contribution in [0, 0.1) is 5.82 Å². The lowest BCUT2D eigenvalue weighted by atomic mass is 9.90. The third kappa shape index (κ3) is 3.89. The standard InChI is InChI=1S/C21H22ClFN4/c1-21(13-16-6-3-2-4-7-16)10-5-11-26(21)14-18-15-27(25-24-18)20-9-8-17(23)12-19(20)22/h2-4,6-9,12,15H,5,10-11,13-14H2,1H3. The fraction of sp³-hybridized carbons (Fsp3) is 0.333. The molecule has 0 N–H and O–H groups in total. The van der Waals surface area contributed by atoms with E-state index in [1.54, 1.807) is 10.7 Å². The van der Waals surface area contributed by atoms with Crippen LogP contribution in [0.15, 0.2) is 54.7 Å². The predicted octanol–water partition coefficient (Wildman–Crippen LogP) is 4.66. The molecule has 0 amide bonds. The summed E-state index contributed by atoms with van der Waals surface area (Å²) in [6.07, 6.45) is 5.24. The van der Waals surface area contributed by atoms with Gasteiger partial charge in [0, 0.05) is 12.1 Å². The molecule has 1 saturated heterocycles. The van der Waals surface area contributed by atoms with Crippen molar-refractivity contribution in [2.45, 2.75) is 38.3 Å². The van der Waals surface area contributed by atoms with Crippen molar-refractivity contribution in [1.29, 1.82) is 0 Å². The van der Waals surface area contributed by atoms with Crippen molar-refractivity contribution in [3.8, 4) is 5.69 Å². The van der Waals surface area contributed by atoms with E-state index in [-0.39, 0.29) is 11.4 Å². The molecule has 0 aliphatic carbocycles. The van der Waals surface area contributed by atoms with E-state index < -0.39 is 0 Å². The third-order valence-electron chi connectivity index (χ3n) is 5.38. The average molecular weight is 385 g/mol. The summed E-state index contributed by atoms with van der Waals surface area (Å²) in [5, 5.41) is 8.82. The summed E-state index contributed by atoms with van der Waals surface area (Å²) in [4.78, 5) is 2.49. The summed E-state index contributed by atoms with van der Waals surface area (Å²) in [7, 11) is 0. The summed E-state index contributed by atoms with van der Waals surface area (Å²) in [5.41, 5.74) is 2.98. The molecule has 2 aromatic carbocycles. The molecule has 1 unspecified atom stereocenters. The van der Waals surface area contributed by atoms with Crippen LogP contribution in [0.3, 0.4) is 0 Å². The lowest BCUT2D eigenvalue weighted by Gasteiger charge is -2.35. The van der Waals surface area contributed by atoms with Gasteiger partial charge in [0.15, 0.2) is 0 Å². The Hall–Kier alpha value is -2.24. The van der Waals surface area contributed by atoms with Crippen molar-refractivity contribution >= 4 is 11.6 Å². The van der Waals surface area contributed by atoms with E-state index in [2.05, 4.69) is 52.5 Å². The van der Waals surface area contributed by atoms with Crippen molar-refractivity contribution in [2.75, 3.05) is 6.54 Å². The molecule has 1 fully saturated rings. The van der Waals surface area contributed by atoms with E-state index in [1.807, 2.05) is 6.20 Å². The van der Waals surface area contributed by atoms with Gasteiger partial charge in [0.2, 0.25) is 0 Å². The van der Waals surface area contributed by atoms with Crippen LogP contribution < -0.4 is 0 Å². The molecule has 6 heteroatoms. The SMILES string of the molecule is CC1(Cc2ccccc2)CCCN1Cc1cn(-c2ccc(F)cc2Cl)nn1. The normalized spacial score (nSPS) is 20.3. The average Bonchev–Trinajstić information content (AvgIpc) is 3.23. The number of likely N-dealkylation sites (tertiary alicyclic amines) is 1. The van der Waals surface area contributed by atoms with Crippen LogP contribution in [0.1, 0.15) is 31.0 Å². The summed E-state index contributed by atoms with van der Waals surface area (Å²) < 4.78 is 14.9. The monoisotopic (exact) mass is 384 g/mol. The second-order valence-electron chi connectivity index (χ2n) is 7.43. The van der Waals surface area contributed by atoms with Crippen LogP contribution >= 0.6 is 11.6 Å². The number of halogens is 2. The van der Waals surface area contributed by atoms with Gasteiger partial charge in [0.25, 0.3) is 0 Å². The Balaban J connectivity index is 1.51. The highest BCUT2D eigenvalue weighted by atomic mass is 35.5. The maximum atomic E-state index is 13.3. The molecule has 2 heterocycles. The largest absolute Gasteiger partial charge is 0.292 e. The number of hydrogen-bond donors (Lipinski definition) is 0. The minimum atomic E-state index is -0.363. The Bertz CT molecular complexity index is 927. The van der Waals surface area contributed by atoms with E-state index in [1.165, 1.54) is 30.5 Å². The molecule has 1 aliphatic heterocycles. The van der Waals surface area contributed by atoms with Crippen molar-refractivity contribution in [2.24, 2.45) is 0 Å². The summed E-state index contributed by atoms with van der Waals surface area (Å²) in [6, 6.07) is 14.9. The third-order valence-corrected chi connectivity index (χ3v) is 5.69. The number of benzene rings is 2. The molecule has 1 aromatic heterocycles. The smallest absolute Gasteiger partial charge is 0.124 e. The molecule has 0 radical (unpaired) electrons. The fourth-order valence-corrected chi connectivity index (χ4v) is 4.19. The van der Waals surface area contributed by atoms with E-state index >= 15 is 0 Å². The second-order valence-corrected chi connectivity index (χ2v) is 7.84. The van der Waals surface area contributed by atoms with Gasteiger partial charge in [-0.15, -0.1) is 5.10 Å². The topological polar surface area (TPSA) is 34.0 Å². The Morgan fingerprint density at radius 2 is 2.00 bits per heavy atom. The Morgan fingerprint density at radius 1 is 1.19 bits per heavy atom. The van der Waals surface area contributed by atoms with Crippen molar-refractivity contribution in [3.05, 3.63) is 76.8 Å². The minimum Gasteiger partial charge on any atom is -0.292 e. The van der Waals surface area contributed by atoms with Crippen LogP contribution in [-0.4, -0.2) is 32.0 Å². The molecule has 4 rings (SSSR count). The molecule has 0 bridgehead atoms. The quantitative estimate of drug-likeness (QED) is 0.641. The zero-order valence-electron chi connectivity index (χ0n) is 15.3. The van der Waals surface area contributed by atoms with Gasteiger partial charge < -0.3 is 0 Å². The van der Waals surface area contributed by atoms with Crippen molar-refractivity contribution < 1.29 is 4.39 Å². The maximum Gasteiger partial charge on any atom is 0.124 e. The molecule has 3 aromatic rings. The number of rotatable bonds is 5. The molecule has 1 aliphatic rings. The minimum absolute atomic E-state index is 0.110. The molecule has 0 spiro atoms. The number of aromatic nitrogens is 3. The first-order valence-electron chi connectivity index (χ1n) is 9.19. The highest BCUT2D eigenvalue weighted by Gasteiger charge is 2.36. The van der Waals surface area contributed by atoms with Crippen LogP contribution in [0.4, 0.5) is 4.39 Å². The van der Waals surface area contributed by atoms with Crippen molar-refractivity contribution in [1.82, 2.24) is 19.9 Å². The van der Waals surface area contributed by atoms with Crippen LogP contribution in [0.25, 0.3) is 5.69 Å². The van der Waals surface area contributed by atoms with Gasteiger partial charge in [0.05, 0.1) is 22.6 Å². The summed E-state index contributed by atoms with van der Waals surface area (Å²) in [5.74, 6) is -0.363. The van der Waals surface area contributed by atoms with Crippen molar-refractivity contribution in [3.63, 3.8) is 0 Å². The molecule has 27 heavy (non-hydrogen) atoms. The van der Waals surface area contributed by atoms with E-state index in [0.717, 1.165) is 25.2 Å². The van der Waals surface area contributed by atoms with Crippen LogP contribution in [0.5, 0.6) is 0 Å². The molecular weight excluding hydrogens is 363 g/mol. The summed E-state index contributed by atoms with van der Waals surface area (Å²) >= 11 is 6.14. The van der Waals surface area contributed by atoms with E-state index in [9.17, 15) is 4.39 Å². The van der Waals surface area contributed by atoms with E-state index in [4.69, 9.17) is 11.6 Å². The summed E-state index contributed by atoms with van der Waals surface area (Å²) in [6.45, 7) is 4.11. The molecule has 140 valence electrons. The zero-order chi connectivity index (χ0) is 18.9. The number of hydrogen-bond acceptors (Lipinski definition) is 3. The van der Waals surface area contributed by atoms with E-state index in [0.29, 0.717) is 10.7 Å². The molecule has 1 atom stereocenters. The van der Waals surface area contributed by atoms with Gasteiger partial charge in [-0.25, -0.2) is 9.07 Å². The Morgan fingerprint density at radius 3 is 2.78 bits per heavy atom. The Labute approximate surface area is 163 Å². The lowest BCUT2D eigenvalue weighted by Crippen LogP contribution is -2.42. The first-order chi connectivity index (χ1) is 13.0. The lowest BCUT2D eigenvalue weighted by molar-refractivity contribution is 0.145. The van der Waals surface area contributed by atoms with Gasteiger partial charge in [-0.2, -0.15) is 0 Å².